The van der Waals surface area contributed by atoms with E-state index < -0.39 is 0 Å². The third kappa shape index (κ3) is 3.48. The molecule has 1 aromatic heterocycles. The number of hydroxylamine groups is 1. The van der Waals surface area contributed by atoms with Gasteiger partial charge in [0.15, 0.2) is 0 Å². The van der Waals surface area contributed by atoms with Crippen LogP contribution in [-0.4, -0.2) is 22.3 Å². The highest BCUT2D eigenvalue weighted by atomic mass is 35.5. The van der Waals surface area contributed by atoms with E-state index in [9.17, 15) is 4.79 Å². The van der Waals surface area contributed by atoms with Crippen LogP contribution < -0.4 is 5.48 Å². The normalized spacial score (nSPS) is 10.6. The molecule has 6 heteroatoms. The average Bonchev–Trinajstić information content (AvgIpc) is 3.06. The molecule has 5 nitrogen and oxygen atoms in total. The molecule has 0 aliphatic heterocycles. The zero-order valence-corrected chi connectivity index (χ0v) is 13.8. The minimum absolute atomic E-state index is 0.360. The van der Waals surface area contributed by atoms with E-state index in [1.807, 2.05) is 42.5 Å². The molecule has 0 bridgehead atoms. The van der Waals surface area contributed by atoms with Crippen molar-refractivity contribution < 1.29 is 9.63 Å². The molecule has 1 N–H and O–H groups in total. The van der Waals surface area contributed by atoms with Crippen LogP contribution in [0.15, 0.2) is 60.7 Å². The number of halogens is 1. The van der Waals surface area contributed by atoms with Crippen molar-refractivity contribution in [1.29, 1.82) is 0 Å². The number of carbonyl (C=O) groups excluding carboxylic acids is 1. The molecular formula is C18H16ClN3O2. The molecule has 2 aromatic carbocycles. The summed E-state index contributed by atoms with van der Waals surface area (Å²) in [7, 11) is 0. The molecule has 0 aliphatic carbocycles. The van der Waals surface area contributed by atoms with Crippen LogP contribution >= 0.6 is 11.6 Å². The summed E-state index contributed by atoms with van der Waals surface area (Å²) in [5.74, 6) is -0.360. The molecule has 0 unspecified atom stereocenters. The second-order valence-electron chi connectivity index (χ2n) is 5.03. The van der Waals surface area contributed by atoms with Gasteiger partial charge in [0.1, 0.15) is 5.69 Å². The number of nitrogens with one attached hydrogen (secondary N) is 1. The standard InChI is InChI=1S/C18H16ClN3O2/c1-2-24-21-18(23)17-12-16(13-6-4-3-5-7-13)20-22(17)15-10-8-14(19)9-11-15/h3-12H,2H2,1H3,(H,21,23). The highest BCUT2D eigenvalue weighted by Gasteiger charge is 2.17. The van der Waals surface area contributed by atoms with Crippen molar-refractivity contribution in [3.05, 3.63) is 71.4 Å². The van der Waals surface area contributed by atoms with Gasteiger partial charge in [0.25, 0.3) is 5.91 Å². The number of amides is 1. The van der Waals surface area contributed by atoms with Crippen molar-refractivity contribution in [2.75, 3.05) is 6.61 Å². The van der Waals surface area contributed by atoms with Gasteiger partial charge in [0, 0.05) is 10.6 Å². The first-order valence-corrected chi connectivity index (χ1v) is 7.90. The molecule has 0 radical (unpaired) electrons. The molecule has 0 saturated carbocycles. The van der Waals surface area contributed by atoms with Gasteiger partial charge < -0.3 is 0 Å². The highest BCUT2D eigenvalue weighted by Crippen LogP contribution is 2.22. The van der Waals surface area contributed by atoms with Gasteiger partial charge in [-0.05, 0) is 37.3 Å². The number of carbonyl (C=O) groups is 1. The smallest absolute Gasteiger partial charge is 0.274 e. The van der Waals surface area contributed by atoms with Gasteiger partial charge in [0.05, 0.1) is 18.0 Å². The van der Waals surface area contributed by atoms with Gasteiger partial charge in [-0.15, -0.1) is 0 Å². The molecule has 0 aliphatic rings. The Kier molecular flexibility index (Phi) is 4.93. The summed E-state index contributed by atoms with van der Waals surface area (Å²) in [5, 5.41) is 5.19. The van der Waals surface area contributed by atoms with Crippen LogP contribution in [0, 0.1) is 0 Å². The third-order valence-electron chi connectivity index (χ3n) is 3.39. The Balaban J connectivity index is 2.06. The summed E-state index contributed by atoms with van der Waals surface area (Å²) in [5.41, 5.74) is 5.16. The lowest BCUT2D eigenvalue weighted by atomic mass is 10.1. The van der Waals surface area contributed by atoms with Crippen LogP contribution in [0.4, 0.5) is 0 Å². The Labute approximate surface area is 144 Å². The molecule has 3 rings (SSSR count). The number of rotatable bonds is 5. The van der Waals surface area contributed by atoms with E-state index in [0.717, 1.165) is 11.3 Å². The maximum Gasteiger partial charge on any atom is 0.293 e. The minimum Gasteiger partial charge on any atom is -0.274 e. The van der Waals surface area contributed by atoms with Gasteiger partial charge >= 0.3 is 0 Å². The van der Waals surface area contributed by atoms with E-state index in [1.165, 1.54) is 0 Å². The van der Waals surface area contributed by atoms with E-state index in [1.54, 1.807) is 29.8 Å². The number of benzene rings is 2. The quantitative estimate of drug-likeness (QED) is 0.717. The molecule has 24 heavy (non-hydrogen) atoms. The van der Waals surface area contributed by atoms with Crippen LogP contribution in [0.25, 0.3) is 16.9 Å². The first kappa shape index (κ1) is 16.2. The van der Waals surface area contributed by atoms with E-state index >= 15 is 0 Å². The van der Waals surface area contributed by atoms with E-state index in [0.29, 0.717) is 23.0 Å². The van der Waals surface area contributed by atoms with Crippen molar-refractivity contribution in [3.63, 3.8) is 0 Å². The van der Waals surface area contributed by atoms with E-state index in [4.69, 9.17) is 16.4 Å². The average molecular weight is 342 g/mol. The molecule has 122 valence electrons. The molecule has 1 amide bonds. The minimum atomic E-state index is -0.360. The van der Waals surface area contributed by atoms with E-state index in [-0.39, 0.29) is 5.91 Å². The lowest BCUT2D eigenvalue weighted by Gasteiger charge is -2.07. The highest BCUT2D eigenvalue weighted by molar-refractivity contribution is 6.30. The fraction of sp³-hybridized carbons (Fsp3) is 0.111. The van der Waals surface area contributed by atoms with Gasteiger partial charge in [-0.1, -0.05) is 41.9 Å². The number of nitrogens with zero attached hydrogens (tertiary/aromatic N) is 2. The predicted octanol–water partition coefficient (Wildman–Crippen LogP) is 3.87. The summed E-state index contributed by atoms with van der Waals surface area (Å²) in [6.07, 6.45) is 0. The number of hydrogen-bond acceptors (Lipinski definition) is 3. The molecule has 1 heterocycles. The monoisotopic (exact) mass is 341 g/mol. The molecule has 0 atom stereocenters. The second kappa shape index (κ2) is 7.29. The Morgan fingerprint density at radius 2 is 1.88 bits per heavy atom. The van der Waals surface area contributed by atoms with Gasteiger partial charge in [-0.3, -0.25) is 9.63 Å². The maximum atomic E-state index is 12.4. The summed E-state index contributed by atoms with van der Waals surface area (Å²) >= 11 is 5.94. The molecule has 0 fully saturated rings. The molecule has 3 aromatic rings. The number of hydrogen-bond donors (Lipinski definition) is 1. The summed E-state index contributed by atoms with van der Waals surface area (Å²) in [6, 6.07) is 18.5. The molecular weight excluding hydrogens is 326 g/mol. The van der Waals surface area contributed by atoms with Crippen molar-refractivity contribution in [2.45, 2.75) is 6.92 Å². The first-order valence-electron chi connectivity index (χ1n) is 7.52. The first-order chi connectivity index (χ1) is 11.7. The fourth-order valence-electron chi connectivity index (χ4n) is 2.26. The van der Waals surface area contributed by atoms with Crippen LogP contribution in [0.3, 0.4) is 0 Å². The molecule has 0 saturated heterocycles. The van der Waals surface area contributed by atoms with Crippen molar-refractivity contribution >= 4 is 17.5 Å². The summed E-state index contributed by atoms with van der Waals surface area (Å²) in [6.45, 7) is 2.18. The lowest BCUT2D eigenvalue weighted by molar-refractivity contribution is 0.0357. The van der Waals surface area contributed by atoms with Crippen molar-refractivity contribution in [1.82, 2.24) is 15.3 Å². The summed E-state index contributed by atoms with van der Waals surface area (Å²) < 4.78 is 1.58. The topological polar surface area (TPSA) is 56.1 Å². The van der Waals surface area contributed by atoms with Crippen LogP contribution in [0.5, 0.6) is 0 Å². The third-order valence-corrected chi connectivity index (χ3v) is 3.64. The van der Waals surface area contributed by atoms with Crippen LogP contribution in [-0.2, 0) is 4.84 Å². The Morgan fingerprint density at radius 3 is 2.54 bits per heavy atom. The van der Waals surface area contributed by atoms with Gasteiger partial charge in [-0.25, -0.2) is 10.2 Å². The number of aromatic nitrogens is 2. The van der Waals surface area contributed by atoms with Crippen LogP contribution in [0.1, 0.15) is 17.4 Å². The van der Waals surface area contributed by atoms with Gasteiger partial charge in [0.2, 0.25) is 0 Å². The zero-order valence-electron chi connectivity index (χ0n) is 13.1. The Hall–Kier alpha value is -2.63. The second-order valence-corrected chi connectivity index (χ2v) is 5.47. The molecule has 0 spiro atoms. The van der Waals surface area contributed by atoms with Gasteiger partial charge in [-0.2, -0.15) is 5.10 Å². The van der Waals surface area contributed by atoms with Crippen LogP contribution in [0.2, 0.25) is 5.02 Å². The zero-order chi connectivity index (χ0) is 16.9. The van der Waals surface area contributed by atoms with Crippen molar-refractivity contribution in [2.24, 2.45) is 0 Å². The lowest BCUT2D eigenvalue weighted by Crippen LogP contribution is -2.26. The van der Waals surface area contributed by atoms with Crippen molar-refractivity contribution in [3.8, 4) is 16.9 Å². The largest absolute Gasteiger partial charge is 0.293 e. The fourth-order valence-corrected chi connectivity index (χ4v) is 2.39. The maximum absolute atomic E-state index is 12.4. The SMILES string of the molecule is CCONC(=O)c1cc(-c2ccccc2)nn1-c1ccc(Cl)cc1. The Bertz CT molecular complexity index is 829. The predicted molar refractivity (Wildman–Crippen MR) is 93.1 cm³/mol. The Morgan fingerprint density at radius 1 is 1.17 bits per heavy atom. The van der Waals surface area contributed by atoms with E-state index in [2.05, 4.69) is 10.6 Å². The summed E-state index contributed by atoms with van der Waals surface area (Å²) in [4.78, 5) is 17.4.